The summed E-state index contributed by atoms with van der Waals surface area (Å²) in [6.07, 6.45) is 5.05. The van der Waals surface area contributed by atoms with E-state index in [-0.39, 0.29) is 17.6 Å². The van der Waals surface area contributed by atoms with Crippen LogP contribution in [-0.2, 0) is 27.4 Å². The molecule has 21 heavy (non-hydrogen) atoms. The van der Waals surface area contributed by atoms with Gasteiger partial charge in [0, 0.05) is 21.7 Å². The third kappa shape index (κ3) is 1.86. The standard InChI is InChI=1S/C15H13NO4S/c17-14-10(11-1-2-12(15(18)19)16(11)14)6-9-5-8-7-20-4-3-13(8)21-9/h2,5-6,11H,1,3-4,7H2,(H,18,19). The minimum absolute atomic E-state index is 0.0982. The van der Waals surface area contributed by atoms with Gasteiger partial charge in [-0.3, -0.25) is 9.69 Å². The van der Waals surface area contributed by atoms with Gasteiger partial charge in [0.2, 0.25) is 0 Å². The summed E-state index contributed by atoms with van der Waals surface area (Å²) < 4.78 is 5.42. The maximum absolute atomic E-state index is 12.1. The summed E-state index contributed by atoms with van der Waals surface area (Å²) in [5, 5.41) is 9.05. The number of hydrogen-bond acceptors (Lipinski definition) is 4. The van der Waals surface area contributed by atoms with E-state index in [4.69, 9.17) is 9.84 Å². The predicted octanol–water partition coefficient (Wildman–Crippen LogP) is 1.79. The van der Waals surface area contributed by atoms with Crippen molar-refractivity contribution in [2.24, 2.45) is 0 Å². The van der Waals surface area contributed by atoms with Crippen LogP contribution in [0, 0.1) is 0 Å². The molecule has 1 amide bonds. The Morgan fingerprint density at radius 1 is 1.52 bits per heavy atom. The van der Waals surface area contributed by atoms with Crippen molar-refractivity contribution >= 4 is 29.3 Å². The monoisotopic (exact) mass is 303 g/mol. The molecule has 108 valence electrons. The molecule has 1 aromatic heterocycles. The molecular weight excluding hydrogens is 290 g/mol. The van der Waals surface area contributed by atoms with Crippen molar-refractivity contribution < 1.29 is 19.4 Å². The van der Waals surface area contributed by atoms with Crippen molar-refractivity contribution in [2.75, 3.05) is 6.61 Å². The molecular formula is C15H13NO4S. The normalized spacial score (nSPS) is 25.4. The summed E-state index contributed by atoms with van der Waals surface area (Å²) in [6, 6.07) is 1.97. The number of amides is 1. The first kappa shape index (κ1) is 12.8. The highest BCUT2D eigenvalue weighted by atomic mass is 32.1. The molecule has 4 heterocycles. The van der Waals surface area contributed by atoms with E-state index in [0.717, 1.165) is 17.9 Å². The summed E-state index contributed by atoms with van der Waals surface area (Å²) in [5.74, 6) is -1.22. The molecule has 5 nitrogen and oxygen atoms in total. The fraction of sp³-hybridized carbons (Fsp3) is 0.333. The van der Waals surface area contributed by atoms with Gasteiger partial charge in [0.05, 0.1) is 19.3 Å². The number of ether oxygens (including phenoxy) is 1. The molecule has 1 N–H and O–H groups in total. The minimum atomic E-state index is -1.03. The number of fused-ring (bicyclic) bond motifs is 2. The summed E-state index contributed by atoms with van der Waals surface area (Å²) in [6.45, 7) is 1.40. The number of nitrogens with zero attached hydrogens (tertiary/aromatic N) is 1. The minimum Gasteiger partial charge on any atom is -0.477 e. The highest BCUT2D eigenvalue weighted by molar-refractivity contribution is 7.13. The zero-order valence-electron chi connectivity index (χ0n) is 11.2. The fourth-order valence-corrected chi connectivity index (χ4v) is 4.18. The topological polar surface area (TPSA) is 66.8 Å². The van der Waals surface area contributed by atoms with Crippen LogP contribution >= 0.6 is 11.3 Å². The van der Waals surface area contributed by atoms with Gasteiger partial charge >= 0.3 is 5.97 Å². The second-order valence-corrected chi connectivity index (χ2v) is 6.49. The Morgan fingerprint density at radius 2 is 2.38 bits per heavy atom. The predicted molar refractivity (Wildman–Crippen MR) is 76.6 cm³/mol. The Labute approximate surface area is 125 Å². The Morgan fingerprint density at radius 3 is 3.14 bits per heavy atom. The van der Waals surface area contributed by atoms with E-state index in [2.05, 4.69) is 6.07 Å². The number of hydrogen-bond donors (Lipinski definition) is 1. The summed E-state index contributed by atoms with van der Waals surface area (Å²) in [7, 11) is 0. The quantitative estimate of drug-likeness (QED) is 0.668. The Balaban J connectivity index is 1.60. The maximum atomic E-state index is 12.1. The molecule has 0 aromatic carbocycles. The molecule has 6 heteroatoms. The maximum Gasteiger partial charge on any atom is 0.352 e. The lowest BCUT2D eigenvalue weighted by molar-refractivity contribution is -0.142. The third-order valence-corrected chi connectivity index (χ3v) is 5.28. The summed E-state index contributed by atoms with van der Waals surface area (Å²) in [5.41, 5.74) is 2.03. The van der Waals surface area contributed by atoms with E-state index in [1.54, 1.807) is 17.4 Å². The Hall–Kier alpha value is -1.92. The molecule has 1 unspecified atom stereocenters. The van der Waals surface area contributed by atoms with Gasteiger partial charge in [-0.05, 0) is 24.1 Å². The number of thiophene rings is 1. The van der Waals surface area contributed by atoms with Gasteiger partial charge in [-0.1, -0.05) is 6.08 Å². The van der Waals surface area contributed by atoms with Gasteiger partial charge in [0.25, 0.3) is 5.91 Å². The number of carbonyl (C=O) groups is 2. The first-order valence-corrected chi connectivity index (χ1v) is 7.65. The first-order chi connectivity index (χ1) is 10.1. The molecule has 0 spiro atoms. The van der Waals surface area contributed by atoms with Crippen LogP contribution in [0.3, 0.4) is 0 Å². The van der Waals surface area contributed by atoms with Gasteiger partial charge in [-0.2, -0.15) is 0 Å². The molecule has 1 saturated heterocycles. The molecule has 0 saturated carbocycles. The van der Waals surface area contributed by atoms with Crippen molar-refractivity contribution in [3.63, 3.8) is 0 Å². The van der Waals surface area contributed by atoms with Crippen LogP contribution in [0.25, 0.3) is 6.08 Å². The van der Waals surface area contributed by atoms with Crippen molar-refractivity contribution in [2.45, 2.75) is 25.5 Å². The molecule has 0 radical (unpaired) electrons. The van der Waals surface area contributed by atoms with Gasteiger partial charge in [-0.15, -0.1) is 11.3 Å². The summed E-state index contributed by atoms with van der Waals surface area (Å²) in [4.78, 5) is 26.9. The van der Waals surface area contributed by atoms with E-state index >= 15 is 0 Å². The van der Waals surface area contributed by atoms with Gasteiger partial charge < -0.3 is 9.84 Å². The molecule has 1 fully saturated rings. The SMILES string of the molecule is O=C(O)C1=CCC2C(=Cc3cc4c(s3)CCOC4)C(=O)N12. The lowest BCUT2D eigenvalue weighted by Crippen LogP contribution is -2.52. The van der Waals surface area contributed by atoms with Crippen LogP contribution in [0.2, 0.25) is 0 Å². The number of aliphatic carboxylic acids is 1. The van der Waals surface area contributed by atoms with E-state index in [9.17, 15) is 9.59 Å². The number of carboxylic acids is 1. The second kappa shape index (κ2) is 4.54. The number of carboxylic acid groups (broad SMARTS) is 1. The van der Waals surface area contributed by atoms with Crippen molar-refractivity contribution in [3.8, 4) is 0 Å². The lowest BCUT2D eigenvalue weighted by Gasteiger charge is -2.38. The van der Waals surface area contributed by atoms with Crippen LogP contribution in [0.15, 0.2) is 23.4 Å². The molecule has 3 aliphatic heterocycles. The van der Waals surface area contributed by atoms with Crippen molar-refractivity contribution in [3.05, 3.63) is 38.7 Å². The highest BCUT2D eigenvalue weighted by Gasteiger charge is 2.48. The average molecular weight is 303 g/mol. The second-order valence-electron chi connectivity index (χ2n) is 5.32. The Kier molecular flexibility index (Phi) is 2.77. The largest absolute Gasteiger partial charge is 0.477 e. The number of rotatable bonds is 2. The smallest absolute Gasteiger partial charge is 0.352 e. The molecule has 4 rings (SSSR count). The molecule has 0 bridgehead atoms. The van der Waals surface area contributed by atoms with Crippen LogP contribution < -0.4 is 0 Å². The van der Waals surface area contributed by atoms with E-state index in [1.807, 2.05) is 6.08 Å². The first-order valence-electron chi connectivity index (χ1n) is 6.83. The fourth-order valence-electron chi connectivity index (χ4n) is 3.07. The summed E-state index contributed by atoms with van der Waals surface area (Å²) >= 11 is 1.70. The molecule has 3 aliphatic rings. The highest BCUT2D eigenvalue weighted by Crippen LogP contribution is 2.40. The average Bonchev–Trinajstić information content (AvgIpc) is 3.05. The van der Waals surface area contributed by atoms with Crippen LogP contribution in [0.4, 0.5) is 0 Å². The van der Waals surface area contributed by atoms with E-state index < -0.39 is 5.97 Å². The van der Waals surface area contributed by atoms with Crippen molar-refractivity contribution in [1.82, 2.24) is 4.90 Å². The van der Waals surface area contributed by atoms with Crippen LogP contribution in [0.5, 0.6) is 0 Å². The number of carbonyl (C=O) groups excluding carboxylic acids is 1. The van der Waals surface area contributed by atoms with Gasteiger partial charge in [0.15, 0.2) is 0 Å². The molecule has 1 atom stereocenters. The van der Waals surface area contributed by atoms with E-state index in [0.29, 0.717) is 18.6 Å². The van der Waals surface area contributed by atoms with Crippen LogP contribution in [-0.4, -0.2) is 34.5 Å². The van der Waals surface area contributed by atoms with Gasteiger partial charge in [0.1, 0.15) is 5.70 Å². The molecule has 0 aliphatic carbocycles. The lowest BCUT2D eigenvalue weighted by atomic mass is 9.94. The Bertz CT molecular complexity index is 692. The zero-order chi connectivity index (χ0) is 14.6. The zero-order valence-corrected chi connectivity index (χ0v) is 12.0. The third-order valence-electron chi connectivity index (χ3n) is 4.09. The van der Waals surface area contributed by atoms with E-state index in [1.165, 1.54) is 15.3 Å². The van der Waals surface area contributed by atoms with Crippen LogP contribution in [0.1, 0.15) is 21.7 Å². The van der Waals surface area contributed by atoms with Gasteiger partial charge in [-0.25, -0.2) is 4.79 Å². The number of β-lactam (4-membered cyclic amide) rings is 1. The van der Waals surface area contributed by atoms with Crippen molar-refractivity contribution in [1.29, 1.82) is 0 Å². The molecule has 1 aromatic rings.